The summed E-state index contributed by atoms with van der Waals surface area (Å²) in [5, 5.41) is 5.88. The van der Waals surface area contributed by atoms with Crippen LogP contribution in [0.3, 0.4) is 0 Å². The molecular weight excluding hydrogens is 284 g/mol. The fourth-order valence-corrected chi connectivity index (χ4v) is 2.66. The minimum atomic E-state index is 0.576. The number of aromatic nitrogens is 3. The van der Waals surface area contributed by atoms with Gasteiger partial charge in [0, 0.05) is 42.8 Å². The van der Waals surface area contributed by atoms with Crippen molar-refractivity contribution < 1.29 is 0 Å². The molecular formula is C16H17ClN4. The van der Waals surface area contributed by atoms with E-state index >= 15 is 0 Å². The van der Waals surface area contributed by atoms with Crippen molar-refractivity contribution in [3.05, 3.63) is 59.0 Å². The highest BCUT2D eigenvalue weighted by molar-refractivity contribution is 6.30. The summed E-state index contributed by atoms with van der Waals surface area (Å²) >= 11 is 6.30. The molecule has 2 heterocycles. The number of rotatable bonds is 4. The molecule has 0 unspecified atom stereocenters. The van der Waals surface area contributed by atoms with E-state index in [0.717, 1.165) is 29.6 Å². The van der Waals surface area contributed by atoms with Gasteiger partial charge in [0.25, 0.3) is 0 Å². The van der Waals surface area contributed by atoms with E-state index in [1.807, 2.05) is 42.3 Å². The predicted molar refractivity (Wildman–Crippen MR) is 85.1 cm³/mol. The number of fused-ring (bicyclic) bond motifs is 1. The lowest BCUT2D eigenvalue weighted by atomic mass is 10.1. The summed E-state index contributed by atoms with van der Waals surface area (Å²) in [6.45, 7) is 1.59. The van der Waals surface area contributed by atoms with E-state index in [1.165, 1.54) is 5.56 Å². The molecule has 0 saturated heterocycles. The number of aryl methyl sites for hydroxylation is 1. The van der Waals surface area contributed by atoms with Crippen LogP contribution in [0.2, 0.25) is 5.15 Å². The zero-order chi connectivity index (χ0) is 14.8. The maximum Gasteiger partial charge on any atom is 0.134 e. The van der Waals surface area contributed by atoms with Crippen LogP contribution in [0.15, 0.2) is 42.7 Å². The first-order valence-electron chi connectivity index (χ1n) is 6.82. The lowest BCUT2D eigenvalue weighted by molar-refractivity contribution is 0.319. The van der Waals surface area contributed by atoms with Crippen LogP contribution in [0.5, 0.6) is 0 Å². The van der Waals surface area contributed by atoms with Gasteiger partial charge in [-0.15, -0.1) is 0 Å². The second-order valence-corrected chi connectivity index (χ2v) is 5.68. The van der Waals surface area contributed by atoms with Gasteiger partial charge in [0.2, 0.25) is 0 Å². The Morgan fingerprint density at radius 3 is 2.81 bits per heavy atom. The van der Waals surface area contributed by atoms with E-state index in [9.17, 15) is 0 Å². The summed E-state index contributed by atoms with van der Waals surface area (Å²) in [5.74, 6) is 0. The second-order valence-electron chi connectivity index (χ2n) is 5.33. The number of nitrogens with zero attached hydrogens (tertiary/aromatic N) is 4. The van der Waals surface area contributed by atoms with Gasteiger partial charge in [-0.3, -0.25) is 9.58 Å². The molecule has 0 N–H and O–H groups in total. The molecule has 0 fully saturated rings. The van der Waals surface area contributed by atoms with Gasteiger partial charge < -0.3 is 0 Å². The van der Waals surface area contributed by atoms with E-state index in [4.69, 9.17) is 11.6 Å². The van der Waals surface area contributed by atoms with E-state index in [0.29, 0.717) is 5.15 Å². The molecule has 0 spiro atoms. The standard InChI is InChI=1S/C16H17ClN4/c1-20(9-12-8-18-21(2)10-12)11-14-7-13-5-3-4-6-15(13)19-16(14)17/h3-8,10H,9,11H2,1-2H3. The summed E-state index contributed by atoms with van der Waals surface area (Å²) < 4.78 is 1.81. The van der Waals surface area contributed by atoms with Gasteiger partial charge in [0.15, 0.2) is 0 Å². The van der Waals surface area contributed by atoms with Crippen molar-refractivity contribution in [3.63, 3.8) is 0 Å². The summed E-state index contributed by atoms with van der Waals surface area (Å²) in [4.78, 5) is 6.67. The molecule has 4 nitrogen and oxygen atoms in total. The van der Waals surface area contributed by atoms with Crippen LogP contribution in [0.1, 0.15) is 11.1 Å². The lowest BCUT2D eigenvalue weighted by Gasteiger charge is -2.16. The molecule has 3 rings (SSSR count). The molecule has 3 aromatic rings. The van der Waals surface area contributed by atoms with Crippen molar-refractivity contribution in [2.75, 3.05) is 7.05 Å². The average molecular weight is 301 g/mol. The highest BCUT2D eigenvalue weighted by atomic mass is 35.5. The summed E-state index contributed by atoms with van der Waals surface area (Å²) in [6.07, 6.45) is 3.91. The molecule has 21 heavy (non-hydrogen) atoms. The lowest BCUT2D eigenvalue weighted by Crippen LogP contribution is -2.17. The van der Waals surface area contributed by atoms with Crippen LogP contribution in [0, 0.1) is 0 Å². The van der Waals surface area contributed by atoms with Crippen LogP contribution >= 0.6 is 11.6 Å². The number of para-hydroxylation sites is 1. The monoisotopic (exact) mass is 300 g/mol. The smallest absolute Gasteiger partial charge is 0.134 e. The molecule has 0 aliphatic rings. The van der Waals surface area contributed by atoms with Crippen molar-refractivity contribution in [2.24, 2.45) is 7.05 Å². The fourth-order valence-electron chi connectivity index (χ4n) is 2.46. The van der Waals surface area contributed by atoms with Crippen molar-refractivity contribution in [1.82, 2.24) is 19.7 Å². The molecule has 0 amide bonds. The zero-order valence-corrected chi connectivity index (χ0v) is 12.9. The minimum Gasteiger partial charge on any atom is -0.298 e. The third-order valence-electron chi connectivity index (χ3n) is 3.40. The van der Waals surface area contributed by atoms with Crippen LogP contribution in [-0.4, -0.2) is 26.7 Å². The van der Waals surface area contributed by atoms with E-state index in [-0.39, 0.29) is 0 Å². The molecule has 5 heteroatoms. The first kappa shape index (κ1) is 14.0. The quantitative estimate of drug-likeness (QED) is 0.694. The van der Waals surface area contributed by atoms with Crippen LogP contribution < -0.4 is 0 Å². The highest BCUT2D eigenvalue weighted by Gasteiger charge is 2.09. The maximum atomic E-state index is 6.30. The Morgan fingerprint density at radius 1 is 1.24 bits per heavy atom. The van der Waals surface area contributed by atoms with Gasteiger partial charge in [0.05, 0.1) is 11.7 Å². The number of halogens is 1. The van der Waals surface area contributed by atoms with Gasteiger partial charge in [-0.25, -0.2) is 4.98 Å². The van der Waals surface area contributed by atoms with Crippen LogP contribution in [0.4, 0.5) is 0 Å². The first-order chi connectivity index (χ1) is 10.1. The topological polar surface area (TPSA) is 34.0 Å². The van der Waals surface area contributed by atoms with E-state index in [1.54, 1.807) is 0 Å². The fraction of sp³-hybridized carbons (Fsp3) is 0.250. The molecule has 0 bridgehead atoms. The highest BCUT2D eigenvalue weighted by Crippen LogP contribution is 2.21. The molecule has 1 aromatic carbocycles. The summed E-state index contributed by atoms with van der Waals surface area (Å²) in [7, 11) is 3.99. The summed E-state index contributed by atoms with van der Waals surface area (Å²) in [6, 6.07) is 10.1. The van der Waals surface area contributed by atoms with Gasteiger partial charge in [-0.2, -0.15) is 5.10 Å². The zero-order valence-electron chi connectivity index (χ0n) is 12.1. The van der Waals surface area contributed by atoms with E-state index in [2.05, 4.69) is 34.2 Å². The molecule has 0 aliphatic heterocycles. The Labute approximate surface area is 129 Å². The maximum absolute atomic E-state index is 6.30. The van der Waals surface area contributed by atoms with Crippen molar-refractivity contribution in [3.8, 4) is 0 Å². The molecule has 2 aromatic heterocycles. The average Bonchev–Trinajstić information content (AvgIpc) is 2.85. The predicted octanol–water partition coefficient (Wildman–Crippen LogP) is 3.25. The number of pyridine rings is 1. The molecule has 0 saturated carbocycles. The summed E-state index contributed by atoms with van der Waals surface area (Å²) in [5.41, 5.74) is 3.16. The van der Waals surface area contributed by atoms with Gasteiger partial charge in [-0.1, -0.05) is 29.8 Å². The van der Waals surface area contributed by atoms with Crippen molar-refractivity contribution in [1.29, 1.82) is 0 Å². The van der Waals surface area contributed by atoms with E-state index < -0.39 is 0 Å². The normalized spacial score (nSPS) is 11.4. The van der Waals surface area contributed by atoms with Crippen molar-refractivity contribution in [2.45, 2.75) is 13.1 Å². The largest absolute Gasteiger partial charge is 0.298 e. The SMILES string of the molecule is CN(Cc1cnn(C)c1)Cc1cc2ccccc2nc1Cl. The van der Waals surface area contributed by atoms with Gasteiger partial charge in [0.1, 0.15) is 5.15 Å². The molecule has 108 valence electrons. The van der Waals surface area contributed by atoms with Gasteiger partial charge in [-0.05, 0) is 19.2 Å². The molecule has 0 radical (unpaired) electrons. The minimum absolute atomic E-state index is 0.576. The Bertz CT molecular complexity index is 766. The van der Waals surface area contributed by atoms with Crippen LogP contribution in [0.25, 0.3) is 10.9 Å². The van der Waals surface area contributed by atoms with Gasteiger partial charge >= 0.3 is 0 Å². The first-order valence-corrected chi connectivity index (χ1v) is 7.20. The third kappa shape index (κ3) is 3.23. The molecule has 0 aliphatic carbocycles. The third-order valence-corrected chi connectivity index (χ3v) is 3.73. The Balaban J connectivity index is 1.79. The van der Waals surface area contributed by atoms with Crippen molar-refractivity contribution >= 4 is 22.5 Å². The second kappa shape index (κ2) is 5.84. The number of hydrogen-bond acceptors (Lipinski definition) is 3. The van der Waals surface area contributed by atoms with Crippen LogP contribution in [-0.2, 0) is 20.1 Å². The number of benzene rings is 1. The Hall–Kier alpha value is -1.91. The Morgan fingerprint density at radius 2 is 2.05 bits per heavy atom. The number of hydrogen-bond donors (Lipinski definition) is 0. The molecule has 0 atom stereocenters. The Kier molecular flexibility index (Phi) is 3.90.